The lowest BCUT2D eigenvalue weighted by atomic mass is 9.95. The second-order valence-corrected chi connectivity index (χ2v) is 7.34. The lowest BCUT2D eigenvalue weighted by Crippen LogP contribution is -2.45. The Bertz CT molecular complexity index is 789. The molecule has 2 aromatic rings. The topological polar surface area (TPSA) is 33.7 Å². The molecule has 1 aliphatic heterocycles. The zero-order valence-corrected chi connectivity index (χ0v) is 19.5. The summed E-state index contributed by atoms with van der Waals surface area (Å²) in [5.41, 5.74) is 1.86. The third-order valence-electron chi connectivity index (χ3n) is 4.51. The first-order valence-corrected chi connectivity index (χ1v) is 9.89. The van der Waals surface area contributed by atoms with Gasteiger partial charge in [0.2, 0.25) is 0 Å². The van der Waals surface area contributed by atoms with Crippen LogP contribution in [-0.4, -0.2) is 44.0 Å². The molecule has 0 saturated carbocycles. The van der Waals surface area contributed by atoms with Crippen molar-refractivity contribution in [2.24, 2.45) is 0 Å². The van der Waals surface area contributed by atoms with E-state index in [0.29, 0.717) is 6.61 Å². The minimum absolute atomic E-state index is 0. The molecule has 0 radical (unpaired) electrons. The average molecular weight is 532 g/mol. The number of alkyl halides is 3. The molecule has 0 aromatic heterocycles. The van der Waals surface area contributed by atoms with Crippen LogP contribution in [0.5, 0.6) is 11.5 Å². The second kappa shape index (κ2) is 12.0. The Morgan fingerprint density at radius 2 is 1.70 bits per heavy atom. The summed E-state index contributed by atoms with van der Waals surface area (Å²) >= 11 is 3.53. The van der Waals surface area contributed by atoms with E-state index in [1.165, 1.54) is 12.1 Å². The molecule has 0 unspecified atom stereocenters. The normalized spacial score (nSPS) is 15.5. The van der Waals surface area contributed by atoms with E-state index in [4.69, 9.17) is 4.74 Å². The summed E-state index contributed by atoms with van der Waals surface area (Å²) in [6.45, 7) is 5.80. The molecule has 4 nitrogen and oxygen atoms in total. The highest BCUT2D eigenvalue weighted by molar-refractivity contribution is 9.10. The predicted octanol–water partition coefficient (Wildman–Crippen LogP) is 5.58. The van der Waals surface area contributed by atoms with Crippen LogP contribution in [0.15, 0.2) is 46.9 Å². The number of nitrogens with one attached hydrogen (secondary N) is 1. The summed E-state index contributed by atoms with van der Waals surface area (Å²) < 4.78 is 48.2. The van der Waals surface area contributed by atoms with Crippen molar-refractivity contribution in [3.63, 3.8) is 0 Å². The van der Waals surface area contributed by atoms with Crippen LogP contribution in [0.1, 0.15) is 24.1 Å². The number of nitrogens with zero attached hydrogens (tertiary/aromatic N) is 1. The van der Waals surface area contributed by atoms with Gasteiger partial charge in [0.1, 0.15) is 11.5 Å². The summed E-state index contributed by atoms with van der Waals surface area (Å²) in [6.07, 6.45) is -4.70. The van der Waals surface area contributed by atoms with Gasteiger partial charge in [0.15, 0.2) is 0 Å². The highest BCUT2D eigenvalue weighted by Crippen LogP contribution is 2.37. The molecule has 1 aliphatic rings. The van der Waals surface area contributed by atoms with Gasteiger partial charge in [0.25, 0.3) is 0 Å². The first-order chi connectivity index (χ1) is 13.4. The zero-order chi connectivity index (χ0) is 20.1. The second-order valence-electron chi connectivity index (χ2n) is 6.42. The lowest BCUT2D eigenvalue weighted by Gasteiger charge is -2.36. The van der Waals surface area contributed by atoms with E-state index in [2.05, 4.69) is 30.9 Å². The van der Waals surface area contributed by atoms with Gasteiger partial charge < -0.3 is 14.8 Å². The molecule has 1 N–H and O–H groups in total. The Morgan fingerprint density at radius 1 is 1.07 bits per heavy atom. The van der Waals surface area contributed by atoms with Crippen LogP contribution in [-0.2, 0) is 0 Å². The smallest absolute Gasteiger partial charge is 0.494 e. The number of halogens is 6. The van der Waals surface area contributed by atoms with E-state index in [9.17, 15) is 13.2 Å². The van der Waals surface area contributed by atoms with Crippen LogP contribution in [0.4, 0.5) is 13.2 Å². The van der Waals surface area contributed by atoms with E-state index in [1.807, 2.05) is 25.1 Å². The van der Waals surface area contributed by atoms with Gasteiger partial charge in [0, 0.05) is 36.2 Å². The monoisotopic (exact) mass is 530 g/mol. The fourth-order valence-corrected chi connectivity index (χ4v) is 3.78. The van der Waals surface area contributed by atoms with Gasteiger partial charge >= 0.3 is 6.36 Å². The minimum atomic E-state index is -4.70. The van der Waals surface area contributed by atoms with Crippen LogP contribution in [0.2, 0.25) is 0 Å². The van der Waals surface area contributed by atoms with Crippen LogP contribution < -0.4 is 14.8 Å². The molecular formula is C20H24BrCl2F3N2O2. The van der Waals surface area contributed by atoms with Crippen LogP contribution >= 0.6 is 40.7 Å². The van der Waals surface area contributed by atoms with Gasteiger partial charge in [-0.05, 0) is 42.8 Å². The largest absolute Gasteiger partial charge is 0.573 e. The Morgan fingerprint density at radius 3 is 2.27 bits per heavy atom. The first kappa shape index (κ1) is 26.8. The van der Waals surface area contributed by atoms with Crippen molar-refractivity contribution in [2.45, 2.75) is 19.3 Å². The molecule has 10 heteroatoms. The molecule has 0 spiro atoms. The number of hydrogen-bond donors (Lipinski definition) is 1. The highest BCUT2D eigenvalue weighted by atomic mass is 79.9. The van der Waals surface area contributed by atoms with E-state index in [1.54, 1.807) is 12.1 Å². The van der Waals surface area contributed by atoms with Crippen molar-refractivity contribution in [2.75, 3.05) is 32.8 Å². The summed E-state index contributed by atoms with van der Waals surface area (Å²) in [7, 11) is 0. The number of ether oxygens (including phenoxy) is 2. The van der Waals surface area contributed by atoms with Crippen LogP contribution in [0.25, 0.3) is 0 Å². The summed E-state index contributed by atoms with van der Waals surface area (Å²) in [4.78, 5) is 2.31. The maximum absolute atomic E-state index is 12.5. The van der Waals surface area contributed by atoms with Crippen molar-refractivity contribution in [1.82, 2.24) is 10.2 Å². The molecular weight excluding hydrogens is 508 g/mol. The molecule has 0 bridgehead atoms. The molecule has 0 aliphatic carbocycles. The van der Waals surface area contributed by atoms with E-state index in [0.717, 1.165) is 47.5 Å². The molecule has 0 amide bonds. The molecule has 168 valence electrons. The van der Waals surface area contributed by atoms with Gasteiger partial charge in [0.05, 0.1) is 12.6 Å². The lowest BCUT2D eigenvalue weighted by molar-refractivity contribution is -0.274. The average Bonchev–Trinajstić information content (AvgIpc) is 2.65. The molecule has 3 rings (SSSR count). The zero-order valence-electron chi connectivity index (χ0n) is 16.2. The Balaban J connectivity index is 0.00000225. The van der Waals surface area contributed by atoms with Crippen molar-refractivity contribution >= 4 is 40.7 Å². The van der Waals surface area contributed by atoms with E-state index >= 15 is 0 Å². The van der Waals surface area contributed by atoms with Crippen molar-refractivity contribution < 1.29 is 22.6 Å². The molecule has 1 atom stereocenters. The predicted molar refractivity (Wildman–Crippen MR) is 119 cm³/mol. The Labute approximate surface area is 195 Å². The van der Waals surface area contributed by atoms with E-state index < -0.39 is 6.36 Å². The molecule has 1 heterocycles. The van der Waals surface area contributed by atoms with Gasteiger partial charge in [-0.1, -0.05) is 28.1 Å². The number of hydrogen-bond acceptors (Lipinski definition) is 4. The number of rotatable bonds is 6. The highest BCUT2D eigenvalue weighted by Gasteiger charge is 2.31. The quantitative estimate of drug-likeness (QED) is 0.527. The maximum Gasteiger partial charge on any atom is 0.573 e. The molecule has 1 saturated heterocycles. The molecule has 30 heavy (non-hydrogen) atoms. The summed E-state index contributed by atoms with van der Waals surface area (Å²) in [6, 6.07) is 11.8. The Kier molecular flexibility index (Phi) is 10.7. The number of benzene rings is 2. The Hall–Kier alpha value is -1.19. The minimum Gasteiger partial charge on any atom is -0.494 e. The fraction of sp³-hybridized carbons (Fsp3) is 0.400. The molecule has 2 aromatic carbocycles. The molecule has 1 fully saturated rings. The summed E-state index contributed by atoms with van der Waals surface area (Å²) in [5.74, 6) is 0.541. The van der Waals surface area contributed by atoms with Crippen molar-refractivity contribution in [3.8, 4) is 11.5 Å². The third-order valence-corrected chi connectivity index (χ3v) is 5.01. The third kappa shape index (κ3) is 7.20. The van der Waals surface area contributed by atoms with E-state index in [-0.39, 0.29) is 36.6 Å². The van der Waals surface area contributed by atoms with Crippen LogP contribution in [0, 0.1) is 0 Å². The van der Waals surface area contributed by atoms with Gasteiger partial charge in [-0.2, -0.15) is 0 Å². The standard InChI is InChI=1S/C20H22BrF3N2O2.2ClH/c1-2-27-18-8-5-15(21)13-17(18)19(26-11-9-25-10-12-26)14-3-6-16(7-4-14)28-20(22,23)24;;/h3-8,13,19,25H,2,9-12H2,1H3;2*1H/t19-;;/m1../s1. The summed E-state index contributed by atoms with van der Waals surface area (Å²) in [5, 5.41) is 3.33. The first-order valence-electron chi connectivity index (χ1n) is 9.10. The van der Waals surface area contributed by atoms with Gasteiger partial charge in [-0.15, -0.1) is 38.0 Å². The van der Waals surface area contributed by atoms with Crippen LogP contribution in [0.3, 0.4) is 0 Å². The van der Waals surface area contributed by atoms with Crippen molar-refractivity contribution in [1.29, 1.82) is 0 Å². The van der Waals surface area contributed by atoms with Gasteiger partial charge in [-0.3, -0.25) is 4.90 Å². The van der Waals surface area contributed by atoms with Gasteiger partial charge in [-0.25, -0.2) is 0 Å². The maximum atomic E-state index is 12.5. The number of piperazine rings is 1. The van der Waals surface area contributed by atoms with Crippen molar-refractivity contribution in [3.05, 3.63) is 58.1 Å². The SMILES string of the molecule is CCOc1ccc(Br)cc1[C@@H](c1ccc(OC(F)(F)F)cc1)N1CCNCC1.Cl.Cl. The fourth-order valence-electron chi connectivity index (χ4n) is 3.40.